The van der Waals surface area contributed by atoms with E-state index in [1.165, 1.54) is 0 Å². The van der Waals surface area contributed by atoms with E-state index in [0.717, 1.165) is 32.1 Å². The fraction of sp³-hybridized carbons (Fsp3) is 0.800. The number of rotatable bonds is 5. The first-order valence-electron chi connectivity index (χ1n) is 7.51. The second-order valence-corrected chi connectivity index (χ2v) is 5.72. The van der Waals surface area contributed by atoms with Gasteiger partial charge >= 0.3 is 5.97 Å². The highest BCUT2D eigenvalue weighted by Gasteiger charge is 2.46. The van der Waals surface area contributed by atoms with Crippen molar-refractivity contribution in [2.24, 2.45) is 5.41 Å². The average molecular weight is 278 g/mol. The fourth-order valence-corrected chi connectivity index (χ4v) is 2.90. The summed E-state index contributed by atoms with van der Waals surface area (Å²) in [5, 5.41) is 9.49. The van der Waals surface area contributed by atoms with Gasteiger partial charge in [-0.2, -0.15) is 5.26 Å². The second kappa shape index (κ2) is 6.25. The number of hydrogen-bond acceptors (Lipinski definition) is 4. The molecule has 0 unspecified atom stereocenters. The summed E-state index contributed by atoms with van der Waals surface area (Å²) in [6.45, 7) is 2.05. The van der Waals surface area contributed by atoms with Crippen LogP contribution in [0.5, 0.6) is 0 Å². The van der Waals surface area contributed by atoms with Crippen LogP contribution in [0.1, 0.15) is 51.9 Å². The van der Waals surface area contributed by atoms with Crippen LogP contribution in [0.25, 0.3) is 0 Å². The molecule has 20 heavy (non-hydrogen) atoms. The second-order valence-electron chi connectivity index (χ2n) is 5.72. The standard InChI is InChI=1S/C15H22N2O3/c1-2-20-13(18)10-17(12-6-7-12)14(19)15(11-16)8-4-3-5-9-15/h12H,2-10H2,1H3. The van der Waals surface area contributed by atoms with E-state index in [0.29, 0.717) is 19.4 Å². The summed E-state index contributed by atoms with van der Waals surface area (Å²) < 4.78 is 4.94. The molecule has 0 radical (unpaired) electrons. The molecule has 0 aromatic carbocycles. The third kappa shape index (κ3) is 3.12. The third-order valence-electron chi connectivity index (χ3n) is 4.18. The summed E-state index contributed by atoms with van der Waals surface area (Å²) >= 11 is 0. The van der Waals surface area contributed by atoms with Crippen LogP contribution < -0.4 is 0 Å². The van der Waals surface area contributed by atoms with Crippen LogP contribution in [-0.2, 0) is 14.3 Å². The zero-order valence-corrected chi connectivity index (χ0v) is 12.1. The highest BCUT2D eigenvalue weighted by Crippen LogP contribution is 2.40. The molecule has 2 rings (SSSR count). The topological polar surface area (TPSA) is 70.4 Å². The Labute approximate surface area is 119 Å². The summed E-state index contributed by atoms with van der Waals surface area (Å²) in [6.07, 6.45) is 5.99. The van der Waals surface area contributed by atoms with E-state index >= 15 is 0 Å². The number of nitriles is 1. The van der Waals surface area contributed by atoms with Gasteiger partial charge in [0.1, 0.15) is 12.0 Å². The SMILES string of the molecule is CCOC(=O)CN(C(=O)C1(C#N)CCCCC1)C1CC1. The van der Waals surface area contributed by atoms with Gasteiger partial charge in [0.15, 0.2) is 0 Å². The average Bonchev–Trinajstić information content (AvgIpc) is 3.29. The van der Waals surface area contributed by atoms with Gasteiger partial charge in [-0.15, -0.1) is 0 Å². The summed E-state index contributed by atoms with van der Waals surface area (Å²) in [6, 6.07) is 2.37. The lowest BCUT2D eigenvalue weighted by Gasteiger charge is -2.34. The largest absolute Gasteiger partial charge is 0.465 e. The van der Waals surface area contributed by atoms with E-state index in [2.05, 4.69) is 6.07 Å². The molecule has 0 spiro atoms. The van der Waals surface area contributed by atoms with Crippen molar-refractivity contribution in [2.45, 2.75) is 57.9 Å². The molecule has 5 heteroatoms. The van der Waals surface area contributed by atoms with Crippen LogP contribution in [0.3, 0.4) is 0 Å². The van der Waals surface area contributed by atoms with Crippen molar-refractivity contribution in [3.8, 4) is 6.07 Å². The Morgan fingerprint density at radius 2 is 1.95 bits per heavy atom. The molecule has 0 aliphatic heterocycles. The summed E-state index contributed by atoms with van der Waals surface area (Å²) in [5.74, 6) is -0.535. The molecule has 2 fully saturated rings. The molecule has 0 aromatic heterocycles. The molecule has 1 amide bonds. The molecule has 0 saturated heterocycles. The van der Waals surface area contributed by atoms with Gasteiger partial charge in [-0.1, -0.05) is 19.3 Å². The molecule has 110 valence electrons. The first-order valence-corrected chi connectivity index (χ1v) is 7.51. The predicted octanol–water partition coefficient (Wildman–Crippen LogP) is 2.01. The molecular weight excluding hydrogens is 256 g/mol. The van der Waals surface area contributed by atoms with Crippen molar-refractivity contribution in [1.82, 2.24) is 4.90 Å². The van der Waals surface area contributed by atoms with Crippen LogP contribution >= 0.6 is 0 Å². The number of esters is 1. The normalized spacial score (nSPS) is 20.8. The first kappa shape index (κ1) is 14.8. The Hall–Kier alpha value is -1.57. The van der Waals surface area contributed by atoms with E-state index in [4.69, 9.17) is 4.74 Å². The number of nitrogens with zero attached hydrogens (tertiary/aromatic N) is 2. The van der Waals surface area contributed by atoms with E-state index in [1.54, 1.807) is 11.8 Å². The molecule has 2 saturated carbocycles. The summed E-state index contributed by atoms with van der Waals surface area (Å²) in [4.78, 5) is 26.0. The Kier molecular flexibility index (Phi) is 4.64. The minimum atomic E-state index is -0.909. The zero-order valence-electron chi connectivity index (χ0n) is 12.1. The van der Waals surface area contributed by atoms with Crippen molar-refractivity contribution in [2.75, 3.05) is 13.2 Å². The Balaban J connectivity index is 2.09. The number of carbonyl (C=O) groups excluding carboxylic acids is 2. The van der Waals surface area contributed by atoms with Gasteiger partial charge in [-0.3, -0.25) is 9.59 Å². The molecular formula is C15H22N2O3. The first-order chi connectivity index (χ1) is 9.63. The lowest BCUT2D eigenvalue weighted by molar-refractivity contribution is -0.152. The Bertz CT molecular complexity index is 417. The maximum atomic E-state index is 12.8. The van der Waals surface area contributed by atoms with Crippen LogP contribution in [0.2, 0.25) is 0 Å². The number of hydrogen-bond donors (Lipinski definition) is 0. The van der Waals surface area contributed by atoms with E-state index in [1.807, 2.05) is 0 Å². The number of carbonyl (C=O) groups is 2. The number of amides is 1. The summed E-state index contributed by atoms with van der Waals surface area (Å²) in [5.41, 5.74) is -0.909. The molecule has 2 aliphatic carbocycles. The quantitative estimate of drug-likeness (QED) is 0.721. The molecule has 0 bridgehead atoms. The van der Waals surface area contributed by atoms with Gasteiger partial charge in [0.25, 0.3) is 0 Å². The van der Waals surface area contributed by atoms with Crippen molar-refractivity contribution in [3.63, 3.8) is 0 Å². The lowest BCUT2D eigenvalue weighted by Crippen LogP contribution is -2.47. The van der Waals surface area contributed by atoms with Gasteiger partial charge in [0.05, 0.1) is 12.7 Å². The monoisotopic (exact) mass is 278 g/mol. The smallest absolute Gasteiger partial charge is 0.325 e. The lowest BCUT2D eigenvalue weighted by atomic mass is 9.74. The molecule has 2 aliphatic rings. The van der Waals surface area contributed by atoms with Crippen molar-refractivity contribution < 1.29 is 14.3 Å². The molecule has 0 aromatic rings. The van der Waals surface area contributed by atoms with Gasteiger partial charge < -0.3 is 9.64 Å². The predicted molar refractivity (Wildman–Crippen MR) is 72.5 cm³/mol. The van der Waals surface area contributed by atoms with Crippen LogP contribution in [-0.4, -0.2) is 36.0 Å². The van der Waals surface area contributed by atoms with Gasteiger partial charge in [-0.25, -0.2) is 0 Å². The third-order valence-corrected chi connectivity index (χ3v) is 4.18. The molecule has 0 atom stereocenters. The highest BCUT2D eigenvalue weighted by molar-refractivity contribution is 5.89. The zero-order chi connectivity index (χ0) is 14.6. The maximum Gasteiger partial charge on any atom is 0.325 e. The van der Waals surface area contributed by atoms with E-state index in [9.17, 15) is 14.9 Å². The van der Waals surface area contributed by atoms with E-state index in [-0.39, 0.29) is 24.5 Å². The van der Waals surface area contributed by atoms with Gasteiger partial charge in [-0.05, 0) is 32.6 Å². The Morgan fingerprint density at radius 3 is 2.45 bits per heavy atom. The van der Waals surface area contributed by atoms with Crippen LogP contribution in [0, 0.1) is 16.7 Å². The minimum Gasteiger partial charge on any atom is -0.465 e. The summed E-state index contributed by atoms with van der Waals surface area (Å²) in [7, 11) is 0. The van der Waals surface area contributed by atoms with Crippen molar-refractivity contribution in [1.29, 1.82) is 5.26 Å². The van der Waals surface area contributed by atoms with Crippen molar-refractivity contribution >= 4 is 11.9 Å². The molecule has 0 heterocycles. The molecule has 0 N–H and O–H groups in total. The van der Waals surface area contributed by atoms with Crippen LogP contribution in [0.4, 0.5) is 0 Å². The van der Waals surface area contributed by atoms with Crippen LogP contribution in [0.15, 0.2) is 0 Å². The van der Waals surface area contributed by atoms with Gasteiger partial charge in [0, 0.05) is 6.04 Å². The highest BCUT2D eigenvalue weighted by atomic mass is 16.5. The Morgan fingerprint density at radius 1 is 1.30 bits per heavy atom. The van der Waals surface area contributed by atoms with E-state index < -0.39 is 5.41 Å². The van der Waals surface area contributed by atoms with Crippen molar-refractivity contribution in [3.05, 3.63) is 0 Å². The fourth-order valence-electron chi connectivity index (χ4n) is 2.90. The minimum absolute atomic E-state index is 0.0131. The number of ether oxygens (including phenoxy) is 1. The maximum absolute atomic E-state index is 12.8. The molecule has 5 nitrogen and oxygen atoms in total. The van der Waals surface area contributed by atoms with Gasteiger partial charge in [0.2, 0.25) is 5.91 Å².